The predicted octanol–water partition coefficient (Wildman–Crippen LogP) is 3.68. The van der Waals surface area contributed by atoms with Crippen molar-refractivity contribution in [2.24, 2.45) is 0 Å². The molecular weight excluding hydrogens is 384 g/mol. The van der Waals surface area contributed by atoms with Gasteiger partial charge in [-0.3, -0.25) is 0 Å². The Morgan fingerprint density at radius 1 is 1.30 bits per heavy atom. The summed E-state index contributed by atoms with van der Waals surface area (Å²) in [5.41, 5.74) is 1.91. The summed E-state index contributed by atoms with van der Waals surface area (Å²) in [5, 5.41) is 10.4. The number of ether oxygens (including phenoxy) is 2. The molecule has 2 aromatic rings. The molecule has 3 rings (SSSR count). The van der Waals surface area contributed by atoms with Gasteiger partial charge >= 0.3 is 5.97 Å². The van der Waals surface area contributed by atoms with Crippen LogP contribution < -0.4 is 0 Å². The van der Waals surface area contributed by atoms with Crippen LogP contribution >= 0.6 is 27.5 Å². The Labute approximate surface area is 147 Å². The van der Waals surface area contributed by atoms with E-state index < -0.39 is 18.4 Å². The normalized spacial score (nSPS) is 20.0. The molecule has 23 heavy (non-hydrogen) atoms. The SMILES string of the molecule is O=C(OC1(CO)OCCc2cc(Cl)ccc21)c1ccc(Br)cc1. The average molecular weight is 398 g/mol. The van der Waals surface area contributed by atoms with Gasteiger partial charge in [0, 0.05) is 15.1 Å². The molecule has 0 bridgehead atoms. The molecule has 0 spiro atoms. The molecule has 0 amide bonds. The van der Waals surface area contributed by atoms with Gasteiger partial charge in [0.05, 0.1) is 12.2 Å². The van der Waals surface area contributed by atoms with Gasteiger partial charge in [-0.15, -0.1) is 0 Å². The molecule has 0 fully saturated rings. The molecule has 1 N–H and O–H groups in total. The summed E-state index contributed by atoms with van der Waals surface area (Å²) >= 11 is 9.33. The molecule has 1 aliphatic rings. The maximum absolute atomic E-state index is 12.4. The van der Waals surface area contributed by atoms with Crippen LogP contribution in [0.5, 0.6) is 0 Å². The lowest BCUT2D eigenvalue weighted by molar-refractivity contribution is -0.238. The minimum absolute atomic E-state index is 0.335. The van der Waals surface area contributed by atoms with E-state index in [1.807, 2.05) is 0 Å². The Morgan fingerprint density at radius 2 is 2.04 bits per heavy atom. The summed E-state index contributed by atoms with van der Waals surface area (Å²) in [7, 11) is 0. The number of aliphatic hydroxyl groups is 1. The van der Waals surface area contributed by atoms with Crippen molar-refractivity contribution in [2.45, 2.75) is 12.2 Å². The fraction of sp³-hybridized carbons (Fsp3) is 0.235. The lowest BCUT2D eigenvalue weighted by Crippen LogP contribution is -2.43. The van der Waals surface area contributed by atoms with Gasteiger partial charge in [-0.1, -0.05) is 33.6 Å². The second-order valence-corrected chi connectivity index (χ2v) is 6.56. The van der Waals surface area contributed by atoms with Gasteiger partial charge in [-0.05, 0) is 48.4 Å². The third-order valence-electron chi connectivity index (χ3n) is 3.73. The zero-order chi connectivity index (χ0) is 16.4. The van der Waals surface area contributed by atoms with Crippen LogP contribution in [0.2, 0.25) is 5.02 Å². The molecule has 0 radical (unpaired) electrons. The van der Waals surface area contributed by atoms with Gasteiger partial charge in [0.15, 0.2) is 0 Å². The van der Waals surface area contributed by atoms with Crippen molar-refractivity contribution in [3.05, 3.63) is 68.7 Å². The zero-order valence-electron chi connectivity index (χ0n) is 12.1. The maximum Gasteiger partial charge on any atom is 0.340 e. The smallest absolute Gasteiger partial charge is 0.340 e. The highest BCUT2D eigenvalue weighted by molar-refractivity contribution is 9.10. The first-order chi connectivity index (χ1) is 11.0. The first-order valence-corrected chi connectivity index (χ1v) is 8.24. The van der Waals surface area contributed by atoms with Crippen molar-refractivity contribution in [1.29, 1.82) is 0 Å². The monoisotopic (exact) mass is 396 g/mol. The molecule has 0 saturated heterocycles. The van der Waals surface area contributed by atoms with Crippen LogP contribution in [0.4, 0.5) is 0 Å². The number of fused-ring (bicyclic) bond motifs is 1. The van der Waals surface area contributed by atoms with Crippen LogP contribution in [0, 0.1) is 0 Å². The Hall–Kier alpha value is -1.40. The average Bonchev–Trinajstić information content (AvgIpc) is 2.55. The number of rotatable bonds is 3. The minimum Gasteiger partial charge on any atom is -0.422 e. The highest BCUT2D eigenvalue weighted by Gasteiger charge is 2.41. The molecule has 6 heteroatoms. The molecular formula is C17H14BrClO4. The van der Waals surface area contributed by atoms with E-state index in [1.165, 1.54) is 0 Å². The fourth-order valence-electron chi connectivity index (χ4n) is 2.59. The summed E-state index contributed by atoms with van der Waals surface area (Å²) in [4.78, 5) is 12.4. The quantitative estimate of drug-likeness (QED) is 0.803. The Morgan fingerprint density at radius 3 is 2.74 bits per heavy atom. The summed E-state index contributed by atoms with van der Waals surface area (Å²) in [6.07, 6.45) is 0.646. The van der Waals surface area contributed by atoms with E-state index in [9.17, 15) is 9.90 Å². The van der Waals surface area contributed by atoms with Gasteiger partial charge in [-0.25, -0.2) is 4.79 Å². The number of hydrogen-bond donors (Lipinski definition) is 1. The van der Waals surface area contributed by atoms with E-state index in [4.69, 9.17) is 21.1 Å². The van der Waals surface area contributed by atoms with Gasteiger partial charge in [0.2, 0.25) is 0 Å². The van der Waals surface area contributed by atoms with Crippen molar-refractivity contribution < 1.29 is 19.4 Å². The topological polar surface area (TPSA) is 55.8 Å². The van der Waals surface area contributed by atoms with Crippen molar-refractivity contribution >= 4 is 33.5 Å². The molecule has 120 valence electrons. The highest BCUT2D eigenvalue weighted by Crippen LogP contribution is 2.36. The van der Waals surface area contributed by atoms with E-state index in [0.717, 1.165) is 10.0 Å². The molecule has 0 aliphatic carbocycles. The van der Waals surface area contributed by atoms with Crippen molar-refractivity contribution in [3.63, 3.8) is 0 Å². The van der Waals surface area contributed by atoms with E-state index in [-0.39, 0.29) is 0 Å². The van der Waals surface area contributed by atoms with Crippen molar-refractivity contribution in [2.75, 3.05) is 13.2 Å². The van der Waals surface area contributed by atoms with Gasteiger partial charge in [-0.2, -0.15) is 0 Å². The summed E-state index contributed by atoms with van der Waals surface area (Å²) in [6.45, 7) is -0.134. The Bertz CT molecular complexity index is 732. The zero-order valence-corrected chi connectivity index (χ0v) is 14.4. The van der Waals surface area contributed by atoms with Gasteiger partial charge in [0.1, 0.15) is 6.61 Å². The molecule has 2 aromatic carbocycles. The van der Waals surface area contributed by atoms with Crippen LogP contribution in [0.15, 0.2) is 46.9 Å². The number of carbonyl (C=O) groups excluding carboxylic acids is 1. The third kappa shape index (κ3) is 3.28. The second-order valence-electron chi connectivity index (χ2n) is 5.21. The number of hydrogen-bond acceptors (Lipinski definition) is 4. The molecule has 0 saturated carbocycles. The van der Waals surface area contributed by atoms with E-state index >= 15 is 0 Å². The minimum atomic E-state index is -1.50. The first-order valence-electron chi connectivity index (χ1n) is 7.07. The number of halogens is 2. The van der Waals surface area contributed by atoms with E-state index in [2.05, 4.69) is 15.9 Å². The van der Waals surface area contributed by atoms with Crippen LogP contribution in [-0.4, -0.2) is 24.3 Å². The lowest BCUT2D eigenvalue weighted by Gasteiger charge is -2.36. The summed E-state index contributed by atoms with van der Waals surface area (Å²) < 4.78 is 12.1. The number of carbonyl (C=O) groups is 1. The standard InChI is InChI=1S/C17H14BrClO4/c18-13-3-1-11(2-4-13)16(21)23-17(10-20)15-6-5-14(19)9-12(15)7-8-22-17/h1-6,9,20H,7-8,10H2. The third-order valence-corrected chi connectivity index (χ3v) is 4.49. The predicted molar refractivity (Wildman–Crippen MR) is 89.4 cm³/mol. The number of aliphatic hydroxyl groups excluding tert-OH is 1. The van der Waals surface area contributed by atoms with Crippen LogP contribution in [0.3, 0.4) is 0 Å². The molecule has 4 nitrogen and oxygen atoms in total. The largest absolute Gasteiger partial charge is 0.422 e. The first kappa shape index (κ1) is 16.5. The maximum atomic E-state index is 12.4. The molecule has 1 aliphatic heterocycles. The van der Waals surface area contributed by atoms with Crippen LogP contribution in [0.1, 0.15) is 21.5 Å². The summed E-state index contributed by atoms with van der Waals surface area (Å²) in [5.74, 6) is -2.06. The number of esters is 1. The van der Waals surface area contributed by atoms with Crippen LogP contribution in [-0.2, 0) is 21.7 Å². The lowest BCUT2D eigenvalue weighted by atomic mass is 9.95. The molecule has 1 heterocycles. The summed E-state index contributed by atoms with van der Waals surface area (Å²) in [6, 6.07) is 12.0. The van der Waals surface area contributed by atoms with E-state index in [0.29, 0.717) is 29.2 Å². The Kier molecular flexibility index (Phi) is 4.73. The van der Waals surface area contributed by atoms with Crippen LogP contribution in [0.25, 0.3) is 0 Å². The fourth-order valence-corrected chi connectivity index (χ4v) is 3.05. The van der Waals surface area contributed by atoms with E-state index in [1.54, 1.807) is 42.5 Å². The number of benzene rings is 2. The van der Waals surface area contributed by atoms with Gasteiger partial charge in [0.25, 0.3) is 5.79 Å². The molecule has 1 unspecified atom stereocenters. The molecule has 0 aromatic heterocycles. The highest BCUT2D eigenvalue weighted by atomic mass is 79.9. The van der Waals surface area contributed by atoms with Crippen molar-refractivity contribution in [3.8, 4) is 0 Å². The van der Waals surface area contributed by atoms with Crippen molar-refractivity contribution in [1.82, 2.24) is 0 Å². The van der Waals surface area contributed by atoms with Gasteiger partial charge < -0.3 is 14.6 Å². The Balaban J connectivity index is 1.93. The molecule has 1 atom stereocenters. The second kappa shape index (κ2) is 6.61.